The van der Waals surface area contributed by atoms with Crippen LogP contribution < -0.4 is 10.5 Å². The van der Waals surface area contributed by atoms with Crippen LogP contribution in [0.3, 0.4) is 0 Å². The molecule has 2 aliphatic rings. The molecule has 0 unspecified atom stereocenters. The third-order valence-electron chi connectivity index (χ3n) is 5.60. The highest BCUT2D eigenvalue weighted by Crippen LogP contribution is 2.26. The Labute approximate surface area is 172 Å². The Morgan fingerprint density at radius 3 is 2.90 bits per heavy atom. The van der Waals surface area contributed by atoms with Gasteiger partial charge < -0.3 is 19.2 Å². The molecule has 1 saturated heterocycles. The van der Waals surface area contributed by atoms with Gasteiger partial charge in [0.05, 0.1) is 17.5 Å². The van der Waals surface area contributed by atoms with Crippen LogP contribution in [0.5, 0.6) is 0 Å². The average Bonchev–Trinajstić information content (AvgIpc) is 3.41. The quantitative estimate of drug-likeness (QED) is 0.700. The summed E-state index contributed by atoms with van der Waals surface area (Å²) >= 11 is 1.76. The first-order chi connectivity index (χ1) is 14.2. The van der Waals surface area contributed by atoms with Crippen LogP contribution in [-0.2, 0) is 19.5 Å². The summed E-state index contributed by atoms with van der Waals surface area (Å²) in [4.78, 5) is 33.0. The molecule has 0 atom stereocenters. The molecule has 29 heavy (non-hydrogen) atoms. The molecule has 0 bridgehead atoms. The number of rotatable bonds is 4. The van der Waals surface area contributed by atoms with Gasteiger partial charge >= 0.3 is 0 Å². The number of thiazole rings is 1. The number of anilines is 1. The minimum absolute atomic E-state index is 0.0754. The zero-order valence-electron chi connectivity index (χ0n) is 16.4. The fourth-order valence-corrected chi connectivity index (χ4v) is 4.88. The monoisotopic (exact) mass is 412 g/mol. The molecule has 0 aromatic carbocycles. The molecule has 0 radical (unpaired) electrons. The summed E-state index contributed by atoms with van der Waals surface area (Å²) in [6.07, 6.45) is 4.33. The van der Waals surface area contributed by atoms with Gasteiger partial charge in [0.2, 0.25) is 0 Å². The summed E-state index contributed by atoms with van der Waals surface area (Å²) in [5, 5.41) is 1.10. The second-order valence-corrected chi connectivity index (χ2v) is 8.77. The standard InChI is InChI=1S/C20H24N6O2S/c1-24-6-8-26(9-7-24)20-21-11-14(29-20)12-25-5-4-16-15(13-25)19(27)23-18(22-16)17-3-2-10-28-17/h2-3,10-11H,4-9,12-13H2,1H3,(H,22,23,27). The Hall–Kier alpha value is -2.49. The largest absolute Gasteiger partial charge is 0.461 e. The number of aromatic nitrogens is 3. The molecule has 1 N–H and O–H groups in total. The summed E-state index contributed by atoms with van der Waals surface area (Å²) in [6, 6.07) is 3.60. The van der Waals surface area contributed by atoms with Gasteiger partial charge in [-0.25, -0.2) is 9.97 Å². The summed E-state index contributed by atoms with van der Waals surface area (Å²) < 4.78 is 5.37. The van der Waals surface area contributed by atoms with E-state index in [9.17, 15) is 4.79 Å². The molecule has 9 heteroatoms. The maximum atomic E-state index is 12.6. The molecular formula is C20H24N6O2S. The van der Waals surface area contributed by atoms with Crippen molar-refractivity contribution in [3.05, 3.63) is 51.1 Å². The van der Waals surface area contributed by atoms with Gasteiger partial charge in [-0.05, 0) is 19.2 Å². The van der Waals surface area contributed by atoms with Crippen molar-refractivity contribution < 1.29 is 4.42 Å². The number of likely N-dealkylation sites (N-methyl/N-ethyl adjacent to an activating group) is 1. The van der Waals surface area contributed by atoms with E-state index in [4.69, 9.17) is 4.42 Å². The maximum Gasteiger partial charge on any atom is 0.256 e. The minimum atomic E-state index is -0.0754. The zero-order chi connectivity index (χ0) is 19.8. The van der Waals surface area contributed by atoms with E-state index in [1.807, 2.05) is 12.3 Å². The van der Waals surface area contributed by atoms with Crippen LogP contribution >= 0.6 is 11.3 Å². The molecule has 0 aliphatic carbocycles. The van der Waals surface area contributed by atoms with Crippen molar-refractivity contribution in [3.8, 4) is 11.6 Å². The topological polar surface area (TPSA) is 81.5 Å². The van der Waals surface area contributed by atoms with Crippen LogP contribution in [0.25, 0.3) is 11.6 Å². The maximum absolute atomic E-state index is 12.6. The first-order valence-electron chi connectivity index (χ1n) is 9.92. The summed E-state index contributed by atoms with van der Waals surface area (Å²) in [6.45, 7) is 6.51. The number of fused-ring (bicyclic) bond motifs is 1. The van der Waals surface area contributed by atoms with Crippen LogP contribution in [0, 0.1) is 0 Å². The van der Waals surface area contributed by atoms with Crippen LogP contribution in [0.2, 0.25) is 0 Å². The molecule has 3 aromatic rings. The molecule has 0 amide bonds. The van der Waals surface area contributed by atoms with Gasteiger partial charge in [-0.15, -0.1) is 11.3 Å². The first kappa shape index (κ1) is 18.5. The van der Waals surface area contributed by atoms with E-state index in [1.54, 1.807) is 23.7 Å². The third kappa shape index (κ3) is 3.85. The number of aromatic amines is 1. The predicted molar refractivity (Wildman–Crippen MR) is 112 cm³/mol. The van der Waals surface area contributed by atoms with Gasteiger partial charge in [-0.1, -0.05) is 0 Å². The van der Waals surface area contributed by atoms with E-state index in [1.165, 1.54) is 4.88 Å². The Bertz CT molecular complexity index is 1040. The van der Waals surface area contributed by atoms with Crippen molar-refractivity contribution in [2.75, 3.05) is 44.7 Å². The lowest BCUT2D eigenvalue weighted by Crippen LogP contribution is -2.44. The van der Waals surface area contributed by atoms with E-state index in [0.29, 0.717) is 18.1 Å². The van der Waals surface area contributed by atoms with Crippen molar-refractivity contribution in [2.24, 2.45) is 0 Å². The fraction of sp³-hybridized carbons (Fsp3) is 0.450. The molecule has 5 heterocycles. The third-order valence-corrected chi connectivity index (χ3v) is 6.64. The molecule has 1 fully saturated rings. The Morgan fingerprint density at radius 2 is 2.10 bits per heavy atom. The summed E-state index contributed by atoms with van der Waals surface area (Å²) in [7, 11) is 2.16. The minimum Gasteiger partial charge on any atom is -0.461 e. The van der Waals surface area contributed by atoms with Gasteiger partial charge in [0.15, 0.2) is 16.7 Å². The van der Waals surface area contributed by atoms with Gasteiger partial charge in [0.1, 0.15) is 0 Å². The highest BCUT2D eigenvalue weighted by atomic mass is 32.1. The van der Waals surface area contributed by atoms with Crippen molar-refractivity contribution in [1.82, 2.24) is 24.8 Å². The van der Waals surface area contributed by atoms with Crippen LogP contribution in [-0.4, -0.2) is 64.5 Å². The Balaban J connectivity index is 1.28. The number of hydrogen-bond acceptors (Lipinski definition) is 8. The van der Waals surface area contributed by atoms with Gasteiger partial charge in [-0.3, -0.25) is 9.69 Å². The molecular weight excluding hydrogens is 388 g/mol. The van der Waals surface area contributed by atoms with Gasteiger partial charge in [0.25, 0.3) is 5.56 Å². The van der Waals surface area contributed by atoms with E-state index in [0.717, 1.165) is 62.1 Å². The molecule has 8 nitrogen and oxygen atoms in total. The van der Waals surface area contributed by atoms with Crippen molar-refractivity contribution >= 4 is 16.5 Å². The smallest absolute Gasteiger partial charge is 0.256 e. The SMILES string of the molecule is CN1CCN(c2ncc(CN3CCc4nc(-c5ccco5)[nH]c(=O)c4C3)s2)CC1. The van der Waals surface area contributed by atoms with Gasteiger partial charge in [0, 0.05) is 63.3 Å². The van der Waals surface area contributed by atoms with Crippen molar-refractivity contribution in [3.63, 3.8) is 0 Å². The summed E-state index contributed by atoms with van der Waals surface area (Å²) in [5.74, 6) is 1.10. The zero-order valence-corrected chi connectivity index (χ0v) is 17.2. The summed E-state index contributed by atoms with van der Waals surface area (Å²) in [5.41, 5.74) is 1.56. The number of furan rings is 1. The van der Waals surface area contributed by atoms with Crippen LogP contribution in [0.4, 0.5) is 5.13 Å². The predicted octanol–water partition coefficient (Wildman–Crippen LogP) is 1.80. The molecule has 0 saturated carbocycles. The molecule has 0 spiro atoms. The molecule has 152 valence electrons. The van der Waals surface area contributed by atoms with E-state index < -0.39 is 0 Å². The second-order valence-electron chi connectivity index (χ2n) is 7.68. The Morgan fingerprint density at radius 1 is 1.24 bits per heavy atom. The lowest BCUT2D eigenvalue weighted by atomic mass is 10.1. The van der Waals surface area contributed by atoms with E-state index >= 15 is 0 Å². The normalized spacial score (nSPS) is 18.2. The second kappa shape index (κ2) is 7.74. The first-order valence-corrected chi connectivity index (χ1v) is 10.7. The number of H-pyrrole nitrogens is 1. The highest BCUT2D eigenvalue weighted by Gasteiger charge is 2.23. The molecule has 3 aromatic heterocycles. The number of piperazine rings is 1. The van der Waals surface area contributed by atoms with E-state index in [-0.39, 0.29) is 5.56 Å². The molecule has 2 aliphatic heterocycles. The lowest BCUT2D eigenvalue weighted by molar-refractivity contribution is 0.244. The van der Waals surface area contributed by atoms with Crippen LogP contribution in [0.1, 0.15) is 16.1 Å². The van der Waals surface area contributed by atoms with Gasteiger partial charge in [-0.2, -0.15) is 0 Å². The number of nitrogens with one attached hydrogen (secondary N) is 1. The van der Waals surface area contributed by atoms with E-state index in [2.05, 4.69) is 36.7 Å². The fourth-order valence-electron chi connectivity index (χ4n) is 3.88. The molecule has 5 rings (SSSR count). The highest BCUT2D eigenvalue weighted by molar-refractivity contribution is 7.15. The number of hydrogen-bond donors (Lipinski definition) is 1. The lowest BCUT2D eigenvalue weighted by Gasteiger charge is -2.32. The average molecular weight is 413 g/mol. The van der Waals surface area contributed by atoms with Crippen molar-refractivity contribution in [2.45, 2.75) is 19.5 Å². The Kier molecular flexibility index (Phi) is 4.94. The van der Waals surface area contributed by atoms with Crippen LogP contribution in [0.15, 0.2) is 33.8 Å². The van der Waals surface area contributed by atoms with Crippen molar-refractivity contribution in [1.29, 1.82) is 0 Å². The number of nitrogens with zero attached hydrogens (tertiary/aromatic N) is 5.